The lowest BCUT2D eigenvalue weighted by atomic mass is 9.71. The fourth-order valence-electron chi connectivity index (χ4n) is 9.38. The Labute approximate surface area is 294 Å². The Morgan fingerprint density at radius 1 is 1.04 bits per heavy atom. The molecule has 2 aliphatic carbocycles. The van der Waals surface area contributed by atoms with Crippen LogP contribution < -0.4 is 15.4 Å². The van der Waals surface area contributed by atoms with E-state index in [1.807, 2.05) is 26.0 Å². The van der Waals surface area contributed by atoms with Crippen LogP contribution >= 0.6 is 0 Å². The van der Waals surface area contributed by atoms with E-state index in [1.54, 1.807) is 6.20 Å². The summed E-state index contributed by atoms with van der Waals surface area (Å²) in [6.07, 6.45) is 5.73. The monoisotopic (exact) mass is 676 g/mol. The maximum absolute atomic E-state index is 14.2. The zero-order chi connectivity index (χ0) is 34.3. The number of benzene rings is 3. The number of hydrogen-bond acceptors (Lipinski definition) is 8. The van der Waals surface area contributed by atoms with Crippen LogP contribution in [0.5, 0.6) is 5.75 Å². The molecule has 2 aromatic heterocycles. The summed E-state index contributed by atoms with van der Waals surface area (Å²) >= 11 is 0. The summed E-state index contributed by atoms with van der Waals surface area (Å²) in [7, 11) is 0. The molecule has 6 atom stereocenters. The molecule has 254 valence electrons. The molecule has 0 saturated heterocycles. The van der Waals surface area contributed by atoms with Crippen molar-refractivity contribution in [1.82, 2.24) is 15.3 Å². The lowest BCUT2D eigenvalue weighted by Gasteiger charge is -2.28. The lowest BCUT2D eigenvalue weighted by molar-refractivity contribution is -0.131. The number of ether oxygens (including phenoxy) is 1. The number of Topliss-reactive ketones (excluding diaryl/α,β-unsaturated/α-hetero) is 1. The minimum Gasteiger partial charge on any atom is -0.469 e. The number of carbonyl (C=O) groups is 2. The van der Waals surface area contributed by atoms with Crippen LogP contribution in [0.1, 0.15) is 84.9 Å². The van der Waals surface area contributed by atoms with Crippen LogP contribution in [0.15, 0.2) is 75.7 Å². The Kier molecular flexibility index (Phi) is 5.80. The molecule has 4 aliphatic heterocycles. The second-order valence-electron chi connectivity index (χ2n) is 15.6. The first-order valence-electron chi connectivity index (χ1n) is 18.1. The lowest BCUT2D eigenvalue weighted by Crippen LogP contribution is -2.40. The number of allylic oxidation sites excluding steroid dienone is 1. The second-order valence-corrected chi connectivity index (χ2v) is 15.6. The molecular weight excluding hydrogens is 640 g/mol. The van der Waals surface area contributed by atoms with Gasteiger partial charge < -0.3 is 24.2 Å². The number of aromatic nitrogens is 2. The molecule has 1 saturated carbocycles. The molecule has 6 aliphatic rings. The third-order valence-corrected chi connectivity index (χ3v) is 12.1. The van der Waals surface area contributed by atoms with E-state index < -0.39 is 23.6 Å². The number of para-hydroxylation sites is 1. The second kappa shape index (κ2) is 10.1. The standard InChI is InChI=1S/C42H36N4O5/c1-19(2)34-40-45-36-37(51-40)42-28-9-5-8-25(24-7-4-6-22-11-12-26(33(22)24)32-18-43-39(36)49-32)35(28)46-41(42)50-31-13-10-21(16-29(31)42)15-23(38(48)44-34)17-30(47)27-14-20(27)3/h4-10,12-13,16,18-20,23,27,34,41,46H,11,14-15,17H2,1-3H3,(H,44,48)/t20?,23?,27?,34-,41-,42?/m0/s1. The van der Waals surface area contributed by atoms with E-state index in [0.717, 1.165) is 63.2 Å². The first-order valence-corrected chi connectivity index (χ1v) is 18.1. The highest BCUT2D eigenvalue weighted by atomic mass is 16.5. The highest BCUT2D eigenvalue weighted by Gasteiger charge is 2.61. The number of fused-ring (bicyclic) bond motifs is 7. The third-order valence-electron chi connectivity index (χ3n) is 12.1. The molecular formula is C42H36N4O5. The number of nitrogens with zero attached hydrogens (tertiary/aromatic N) is 2. The quantitative estimate of drug-likeness (QED) is 0.203. The normalized spacial score (nSPS) is 26.9. The summed E-state index contributed by atoms with van der Waals surface area (Å²) in [5.74, 6) is 2.44. The topological polar surface area (TPSA) is 119 Å². The fraction of sp³-hybridized carbons (Fsp3) is 0.333. The van der Waals surface area contributed by atoms with Gasteiger partial charge in [0.25, 0.3) is 0 Å². The van der Waals surface area contributed by atoms with E-state index in [-0.39, 0.29) is 29.9 Å². The number of nitrogens with one attached hydrogen (secondary N) is 2. The van der Waals surface area contributed by atoms with E-state index in [4.69, 9.17) is 23.5 Å². The minimum atomic E-state index is -0.971. The highest BCUT2D eigenvalue weighted by Crippen LogP contribution is 2.61. The van der Waals surface area contributed by atoms with Crippen LogP contribution in [0.4, 0.5) is 5.69 Å². The minimum absolute atomic E-state index is 0.0369. The maximum Gasteiger partial charge on any atom is 0.249 e. The maximum atomic E-state index is 14.2. The largest absolute Gasteiger partial charge is 0.469 e. The Bertz CT molecular complexity index is 2400. The van der Waals surface area contributed by atoms with Crippen LogP contribution in [0.2, 0.25) is 0 Å². The van der Waals surface area contributed by atoms with E-state index in [2.05, 4.69) is 66.1 Å². The molecule has 11 rings (SSSR count). The van der Waals surface area contributed by atoms with Crippen molar-refractivity contribution in [3.63, 3.8) is 0 Å². The summed E-state index contributed by atoms with van der Waals surface area (Å²) in [6.45, 7) is 6.18. The predicted molar refractivity (Wildman–Crippen MR) is 189 cm³/mol. The van der Waals surface area contributed by atoms with Gasteiger partial charge in [0.05, 0.1) is 6.20 Å². The molecule has 9 heteroatoms. The van der Waals surface area contributed by atoms with Gasteiger partial charge in [-0.3, -0.25) is 9.59 Å². The van der Waals surface area contributed by atoms with Crippen molar-refractivity contribution in [2.75, 3.05) is 5.32 Å². The number of oxazole rings is 2. The summed E-state index contributed by atoms with van der Waals surface area (Å²) in [5.41, 5.74) is 8.92. The predicted octanol–water partition coefficient (Wildman–Crippen LogP) is 7.38. The number of rotatable bonds is 4. The zero-order valence-electron chi connectivity index (χ0n) is 28.6. The first kappa shape index (κ1) is 29.3. The number of ketones is 1. The molecule has 10 bridgehead atoms. The van der Waals surface area contributed by atoms with E-state index in [9.17, 15) is 9.59 Å². The Morgan fingerprint density at radius 3 is 2.73 bits per heavy atom. The van der Waals surface area contributed by atoms with Gasteiger partial charge in [-0.2, -0.15) is 0 Å². The SMILES string of the molecule is CC1CC1C(=O)CC1Cc2ccc3c(c2)C24c5cccc(c5N[C@H]2O3)-c2cccc3c2C(=CC3)c2cnc(o2)-c2nc(oc24)[C@H](C(C)C)NC1=O. The van der Waals surface area contributed by atoms with Gasteiger partial charge >= 0.3 is 0 Å². The van der Waals surface area contributed by atoms with Crippen LogP contribution in [0.25, 0.3) is 28.3 Å². The van der Waals surface area contributed by atoms with E-state index in [1.165, 1.54) is 5.56 Å². The number of carbonyl (C=O) groups excluding carboxylic acids is 2. The molecule has 1 amide bonds. The molecule has 1 fully saturated rings. The zero-order valence-corrected chi connectivity index (χ0v) is 28.6. The van der Waals surface area contributed by atoms with Crippen LogP contribution in [-0.2, 0) is 27.8 Å². The Morgan fingerprint density at radius 2 is 1.88 bits per heavy atom. The summed E-state index contributed by atoms with van der Waals surface area (Å²) < 4.78 is 20.6. The molecule has 1 spiro atoms. The van der Waals surface area contributed by atoms with Crippen LogP contribution in [0.3, 0.4) is 0 Å². The van der Waals surface area contributed by atoms with Crippen molar-refractivity contribution >= 4 is 23.0 Å². The first-order chi connectivity index (χ1) is 24.8. The summed E-state index contributed by atoms with van der Waals surface area (Å²) in [4.78, 5) is 37.6. The van der Waals surface area contributed by atoms with E-state index >= 15 is 0 Å². The Balaban J connectivity index is 1.21. The van der Waals surface area contributed by atoms with Gasteiger partial charge in [0, 0.05) is 46.2 Å². The van der Waals surface area contributed by atoms with Crippen LogP contribution in [-0.4, -0.2) is 27.9 Å². The smallest absolute Gasteiger partial charge is 0.249 e. The van der Waals surface area contributed by atoms with Gasteiger partial charge in [-0.1, -0.05) is 75.4 Å². The van der Waals surface area contributed by atoms with Crippen molar-refractivity contribution in [2.45, 2.75) is 64.1 Å². The summed E-state index contributed by atoms with van der Waals surface area (Å²) in [5, 5.41) is 7.10. The van der Waals surface area contributed by atoms with Gasteiger partial charge in [-0.05, 0) is 59.4 Å². The van der Waals surface area contributed by atoms with Crippen molar-refractivity contribution in [2.24, 2.45) is 23.7 Å². The average molecular weight is 677 g/mol. The average Bonchev–Trinajstić information content (AvgIpc) is 3.67. The van der Waals surface area contributed by atoms with Gasteiger partial charge in [-0.15, -0.1) is 0 Å². The van der Waals surface area contributed by atoms with E-state index in [0.29, 0.717) is 41.3 Å². The molecule has 5 aromatic rings. The number of anilines is 1. The molecule has 51 heavy (non-hydrogen) atoms. The van der Waals surface area contributed by atoms with Crippen molar-refractivity contribution < 1.29 is 23.2 Å². The molecule has 0 radical (unpaired) electrons. The molecule has 9 nitrogen and oxygen atoms in total. The fourth-order valence-corrected chi connectivity index (χ4v) is 9.38. The molecule has 4 unspecified atom stereocenters. The summed E-state index contributed by atoms with van der Waals surface area (Å²) in [6, 6.07) is 18.5. The van der Waals surface area contributed by atoms with Crippen molar-refractivity contribution in [1.29, 1.82) is 0 Å². The number of hydrogen-bond donors (Lipinski definition) is 2. The highest BCUT2D eigenvalue weighted by molar-refractivity contribution is 5.97. The van der Waals surface area contributed by atoms with Crippen molar-refractivity contribution in [3.8, 4) is 28.5 Å². The molecule has 3 aromatic carbocycles. The van der Waals surface area contributed by atoms with Crippen molar-refractivity contribution in [3.05, 3.63) is 112 Å². The Hall–Kier alpha value is -5.44. The molecule has 2 N–H and O–H groups in total. The molecule has 6 heterocycles. The third kappa shape index (κ3) is 3.92. The number of amides is 1. The van der Waals surface area contributed by atoms with Gasteiger partial charge in [0.1, 0.15) is 23.0 Å². The van der Waals surface area contributed by atoms with Crippen LogP contribution in [0, 0.1) is 23.7 Å². The van der Waals surface area contributed by atoms with Gasteiger partial charge in [0.15, 0.2) is 23.4 Å². The van der Waals surface area contributed by atoms with Gasteiger partial charge in [-0.25, -0.2) is 9.97 Å². The van der Waals surface area contributed by atoms with Gasteiger partial charge in [0.2, 0.25) is 17.7 Å².